The zero-order valence-corrected chi connectivity index (χ0v) is 12.7. The number of pyridine rings is 1. The van der Waals surface area contributed by atoms with Gasteiger partial charge in [-0.1, -0.05) is 12.1 Å². The van der Waals surface area contributed by atoms with Crippen LogP contribution in [-0.4, -0.2) is 19.9 Å². The topological polar surface area (TPSA) is 50.3 Å². The van der Waals surface area contributed by atoms with Crippen LogP contribution in [0.1, 0.15) is 6.92 Å². The molecule has 0 aliphatic carbocycles. The molecule has 0 saturated heterocycles. The van der Waals surface area contributed by atoms with Gasteiger partial charge in [-0.05, 0) is 47.1 Å². The van der Waals surface area contributed by atoms with Gasteiger partial charge < -0.3 is 0 Å². The van der Waals surface area contributed by atoms with Crippen molar-refractivity contribution in [3.05, 3.63) is 53.3 Å². The van der Waals surface area contributed by atoms with Crippen LogP contribution < -0.4 is 4.31 Å². The first kappa shape index (κ1) is 14.0. The van der Waals surface area contributed by atoms with Gasteiger partial charge in [0.1, 0.15) is 4.90 Å². The summed E-state index contributed by atoms with van der Waals surface area (Å²) in [5.74, 6) is 0. The molecule has 1 aromatic heterocycles. The number of anilines is 1. The summed E-state index contributed by atoms with van der Waals surface area (Å²) in [6.07, 6.45) is 3.15. The number of rotatable bonds is 4. The Morgan fingerprint density at radius 1 is 1.16 bits per heavy atom. The van der Waals surface area contributed by atoms with Crippen LogP contribution in [0.3, 0.4) is 0 Å². The minimum Gasteiger partial charge on any atom is -0.266 e. The second-order valence-electron chi connectivity index (χ2n) is 3.81. The van der Waals surface area contributed by atoms with Gasteiger partial charge in [0.15, 0.2) is 0 Å². The molecule has 0 aliphatic heterocycles. The number of hydrogen-bond acceptors (Lipinski definition) is 3. The molecule has 0 atom stereocenters. The zero-order chi connectivity index (χ0) is 13.9. The van der Waals surface area contributed by atoms with E-state index in [-0.39, 0.29) is 4.90 Å². The van der Waals surface area contributed by atoms with E-state index in [1.165, 1.54) is 4.31 Å². The highest BCUT2D eigenvalue weighted by Gasteiger charge is 2.25. The average molecular weight is 341 g/mol. The lowest BCUT2D eigenvalue weighted by atomic mass is 10.4. The number of sulfonamides is 1. The van der Waals surface area contributed by atoms with E-state index in [9.17, 15) is 8.42 Å². The Hall–Kier alpha value is -1.40. The van der Waals surface area contributed by atoms with E-state index in [0.717, 1.165) is 0 Å². The molecule has 2 rings (SSSR count). The molecule has 0 aliphatic rings. The second kappa shape index (κ2) is 5.71. The average Bonchev–Trinajstić information content (AvgIpc) is 2.40. The van der Waals surface area contributed by atoms with Gasteiger partial charge in [0.2, 0.25) is 0 Å². The minimum atomic E-state index is -3.58. The van der Waals surface area contributed by atoms with Crippen LogP contribution in [0.2, 0.25) is 0 Å². The van der Waals surface area contributed by atoms with Gasteiger partial charge in [-0.25, -0.2) is 8.42 Å². The predicted molar refractivity (Wildman–Crippen MR) is 78.6 cm³/mol. The first-order chi connectivity index (χ1) is 9.07. The fraction of sp³-hybridized carbons (Fsp3) is 0.154. The normalized spacial score (nSPS) is 11.3. The van der Waals surface area contributed by atoms with Crippen LogP contribution in [-0.2, 0) is 10.0 Å². The van der Waals surface area contributed by atoms with E-state index in [1.54, 1.807) is 55.7 Å². The van der Waals surface area contributed by atoms with Crippen LogP contribution in [0.4, 0.5) is 5.69 Å². The molecule has 1 aromatic carbocycles. The second-order valence-corrected chi connectivity index (χ2v) is 6.49. The van der Waals surface area contributed by atoms with E-state index in [0.29, 0.717) is 16.7 Å². The van der Waals surface area contributed by atoms with Crippen LogP contribution in [0, 0.1) is 0 Å². The summed E-state index contributed by atoms with van der Waals surface area (Å²) in [4.78, 5) is 4.16. The molecule has 100 valence electrons. The summed E-state index contributed by atoms with van der Waals surface area (Å²) in [7, 11) is -3.58. The van der Waals surface area contributed by atoms with Crippen molar-refractivity contribution in [2.24, 2.45) is 0 Å². The van der Waals surface area contributed by atoms with E-state index in [2.05, 4.69) is 20.9 Å². The highest BCUT2D eigenvalue weighted by molar-refractivity contribution is 9.10. The predicted octanol–water partition coefficient (Wildman–Crippen LogP) is 3.06. The molecule has 0 unspecified atom stereocenters. The monoisotopic (exact) mass is 340 g/mol. The highest BCUT2D eigenvalue weighted by Crippen LogP contribution is 2.27. The molecular weight excluding hydrogens is 328 g/mol. The maximum atomic E-state index is 12.7. The van der Waals surface area contributed by atoms with Crippen molar-refractivity contribution in [1.29, 1.82) is 0 Å². The van der Waals surface area contributed by atoms with Gasteiger partial charge in [0, 0.05) is 23.4 Å². The van der Waals surface area contributed by atoms with Crippen molar-refractivity contribution in [3.63, 3.8) is 0 Å². The lowest BCUT2D eigenvalue weighted by molar-refractivity contribution is 0.591. The Morgan fingerprint density at radius 2 is 1.79 bits per heavy atom. The van der Waals surface area contributed by atoms with Gasteiger partial charge in [-0.15, -0.1) is 0 Å². The number of benzene rings is 1. The number of hydrogen-bond donors (Lipinski definition) is 0. The highest BCUT2D eigenvalue weighted by atomic mass is 79.9. The molecule has 4 nitrogen and oxygen atoms in total. The first-order valence-electron chi connectivity index (χ1n) is 5.74. The molecule has 0 fully saturated rings. The SMILES string of the molecule is CCN(c1ccncc1)S(=O)(=O)c1ccccc1Br. The van der Waals surface area contributed by atoms with E-state index in [1.807, 2.05) is 0 Å². The summed E-state index contributed by atoms with van der Waals surface area (Å²) in [6, 6.07) is 10.1. The summed E-state index contributed by atoms with van der Waals surface area (Å²) >= 11 is 3.28. The molecule has 0 radical (unpaired) electrons. The lowest BCUT2D eigenvalue weighted by Gasteiger charge is -2.23. The van der Waals surface area contributed by atoms with Gasteiger partial charge in [-0.2, -0.15) is 0 Å². The van der Waals surface area contributed by atoms with E-state index < -0.39 is 10.0 Å². The van der Waals surface area contributed by atoms with Crippen LogP contribution in [0.25, 0.3) is 0 Å². The maximum absolute atomic E-state index is 12.7. The molecule has 0 bridgehead atoms. The third-order valence-corrected chi connectivity index (χ3v) is 5.56. The van der Waals surface area contributed by atoms with Crippen molar-refractivity contribution in [3.8, 4) is 0 Å². The molecule has 0 N–H and O–H groups in total. The third kappa shape index (κ3) is 2.79. The Bertz CT molecular complexity index is 659. The molecule has 1 heterocycles. The van der Waals surface area contributed by atoms with E-state index in [4.69, 9.17) is 0 Å². The standard InChI is InChI=1S/C13H13BrN2O2S/c1-2-16(11-7-9-15-10-8-11)19(17,18)13-6-4-3-5-12(13)14/h3-10H,2H2,1H3. The Balaban J connectivity index is 2.52. The molecule has 19 heavy (non-hydrogen) atoms. The van der Waals surface area contributed by atoms with Crippen molar-refractivity contribution in [2.75, 3.05) is 10.8 Å². The van der Waals surface area contributed by atoms with Crippen molar-refractivity contribution in [2.45, 2.75) is 11.8 Å². The van der Waals surface area contributed by atoms with Crippen molar-refractivity contribution < 1.29 is 8.42 Å². The third-order valence-electron chi connectivity index (χ3n) is 2.64. The number of halogens is 1. The largest absolute Gasteiger partial charge is 0.266 e. The van der Waals surface area contributed by atoms with Crippen LogP contribution in [0.15, 0.2) is 58.2 Å². The van der Waals surface area contributed by atoms with Crippen molar-refractivity contribution in [1.82, 2.24) is 4.98 Å². The zero-order valence-electron chi connectivity index (χ0n) is 10.3. The van der Waals surface area contributed by atoms with E-state index >= 15 is 0 Å². The number of nitrogens with zero attached hydrogens (tertiary/aromatic N) is 2. The smallest absolute Gasteiger partial charge is 0.265 e. The molecule has 6 heteroatoms. The fourth-order valence-corrected chi connectivity index (χ4v) is 4.21. The molecule has 0 spiro atoms. The molecular formula is C13H13BrN2O2S. The van der Waals surface area contributed by atoms with Gasteiger partial charge in [-0.3, -0.25) is 9.29 Å². The molecule has 0 saturated carbocycles. The van der Waals surface area contributed by atoms with Crippen LogP contribution >= 0.6 is 15.9 Å². The van der Waals surface area contributed by atoms with Gasteiger partial charge in [0.25, 0.3) is 10.0 Å². The fourth-order valence-electron chi connectivity index (χ4n) is 1.77. The Kier molecular flexibility index (Phi) is 4.21. The van der Waals surface area contributed by atoms with Crippen LogP contribution in [0.5, 0.6) is 0 Å². The minimum absolute atomic E-state index is 0.258. The Morgan fingerprint density at radius 3 is 2.37 bits per heavy atom. The molecule has 0 amide bonds. The summed E-state index contributed by atoms with van der Waals surface area (Å²) in [6.45, 7) is 2.16. The Labute approximate surface area is 121 Å². The molecule has 2 aromatic rings. The van der Waals surface area contributed by atoms with Gasteiger partial charge >= 0.3 is 0 Å². The maximum Gasteiger partial charge on any atom is 0.265 e. The summed E-state index contributed by atoms with van der Waals surface area (Å²) < 4.78 is 27.2. The lowest BCUT2D eigenvalue weighted by Crippen LogP contribution is -2.31. The van der Waals surface area contributed by atoms with Crippen molar-refractivity contribution >= 4 is 31.6 Å². The quantitative estimate of drug-likeness (QED) is 0.859. The van der Waals surface area contributed by atoms with Gasteiger partial charge in [0.05, 0.1) is 5.69 Å². The summed E-state index contributed by atoms with van der Waals surface area (Å²) in [5.41, 5.74) is 0.605. The first-order valence-corrected chi connectivity index (χ1v) is 7.98. The summed E-state index contributed by atoms with van der Waals surface area (Å²) in [5, 5.41) is 0. The number of aromatic nitrogens is 1.